The molecule has 3 unspecified atom stereocenters. The van der Waals surface area contributed by atoms with Crippen molar-refractivity contribution in [2.75, 3.05) is 19.6 Å². The molecule has 1 aliphatic carbocycles. The quantitative estimate of drug-likeness (QED) is 0.813. The highest BCUT2D eigenvalue weighted by atomic mass is 15.2. The summed E-state index contributed by atoms with van der Waals surface area (Å²) in [5, 5.41) is 3.64. The van der Waals surface area contributed by atoms with Crippen LogP contribution in [0.2, 0.25) is 0 Å². The molecule has 2 rings (SSSR count). The predicted molar refractivity (Wildman–Crippen MR) is 74.2 cm³/mol. The molecule has 0 spiro atoms. The Morgan fingerprint density at radius 1 is 1.29 bits per heavy atom. The molecule has 1 saturated heterocycles. The molecule has 100 valence electrons. The third kappa shape index (κ3) is 2.85. The lowest BCUT2D eigenvalue weighted by molar-refractivity contribution is 0.0571. The van der Waals surface area contributed by atoms with Crippen molar-refractivity contribution in [1.82, 2.24) is 10.2 Å². The van der Waals surface area contributed by atoms with E-state index in [1.54, 1.807) is 0 Å². The van der Waals surface area contributed by atoms with Gasteiger partial charge in [0.25, 0.3) is 0 Å². The van der Waals surface area contributed by atoms with Gasteiger partial charge >= 0.3 is 0 Å². The van der Waals surface area contributed by atoms with Crippen LogP contribution in [0.25, 0.3) is 0 Å². The number of nitrogens with one attached hydrogen (secondary N) is 1. The van der Waals surface area contributed by atoms with E-state index in [1.165, 1.54) is 38.8 Å². The van der Waals surface area contributed by atoms with E-state index in [9.17, 15) is 0 Å². The van der Waals surface area contributed by atoms with Crippen LogP contribution < -0.4 is 5.32 Å². The molecule has 2 nitrogen and oxygen atoms in total. The molecule has 1 aliphatic heterocycles. The molecule has 1 saturated carbocycles. The Bertz CT molecular complexity index is 249. The van der Waals surface area contributed by atoms with Crippen molar-refractivity contribution in [3.8, 4) is 0 Å². The first kappa shape index (κ1) is 13.4. The number of nitrogens with zero attached hydrogens (tertiary/aromatic N) is 1. The van der Waals surface area contributed by atoms with E-state index < -0.39 is 0 Å². The molecule has 17 heavy (non-hydrogen) atoms. The average molecular weight is 238 g/mol. The third-order valence-electron chi connectivity index (χ3n) is 5.04. The first-order chi connectivity index (χ1) is 8.04. The Balaban J connectivity index is 1.93. The van der Waals surface area contributed by atoms with Crippen LogP contribution in [0, 0.1) is 11.3 Å². The minimum atomic E-state index is 0.546. The van der Waals surface area contributed by atoms with Crippen molar-refractivity contribution in [3.63, 3.8) is 0 Å². The molecule has 0 radical (unpaired) electrons. The van der Waals surface area contributed by atoms with E-state index in [1.807, 2.05) is 0 Å². The molecular formula is C15H30N2. The molecular weight excluding hydrogens is 208 g/mol. The lowest BCUT2D eigenvalue weighted by Crippen LogP contribution is -2.53. The van der Waals surface area contributed by atoms with E-state index in [0.717, 1.165) is 24.5 Å². The Morgan fingerprint density at radius 3 is 2.59 bits per heavy atom. The van der Waals surface area contributed by atoms with Gasteiger partial charge in [-0.1, -0.05) is 34.1 Å². The Morgan fingerprint density at radius 2 is 2.06 bits per heavy atom. The minimum absolute atomic E-state index is 0.546. The summed E-state index contributed by atoms with van der Waals surface area (Å²) in [6, 6.07) is 1.59. The van der Waals surface area contributed by atoms with Crippen LogP contribution in [0.4, 0.5) is 0 Å². The minimum Gasteiger partial charge on any atom is -0.314 e. The molecule has 0 aromatic rings. The number of hydrogen-bond acceptors (Lipinski definition) is 2. The van der Waals surface area contributed by atoms with Gasteiger partial charge in [-0.3, -0.25) is 4.90 Å². The van der Waals surface area contributed by atoms with Crippen molar-refractivity contribution < 1.29 is 0 Å². The molecule has 0 amide bonds. The standard InChI is InChI=1S/C15H30N2/c1-5-16-13-8-10-17(11-12(13)2)14-7-6-9-15(14,3)4/h12-14,16H,5-11H2,1-4H3. The van der Waals surface area contributed by atoms with Crippen LogP contribution >= 0.6 is 0 Å². The van der Waals surface area contributed by atoms with E-state index in [2.05, 4.69) is 37.9 Å². The first-order valence-electron chi connectivity index (χ1n) is 7.52. The Labute approximate surface area is 107 Å². The van der Waals surface area contributed by atoms with Crippen LogP contribution in [0.1, 0.15) is 53.4 Å². The fourth-order valence-electron chi connectivity index (χ4n) is 4.01. The zero-order valence-corrected chi connectivity index (χ0v) is 12.1. The molecule has 1 N–H and O–H groups in total. The Hall–Kier alpha value is -0.0800. The van der Waals surface area contributed by atoms with Gasteiger partial charge in [-0.25, -0.2) is 0 Å². The second-order valence-corrected chi connectivity index (χ2v) is 6.82. The lowest BCUT2D eigenvalue weighted by atomic mass is 9.84. The van der Waals surface area contributed by atoms with Gasteiger partial charge in [0.15, 0.2) is 0 Å². The maximum absolute atomic E-state index is 3.64. The SMILES string of the molecule is CCNC1CCN(C2CCCC2(C)C)CC1C. The van der Waals surface area contributed by atoms with E-state index in [4.69, 9.17) is 0 Å². The largest absolute Gasteiger partial charge is 0.314 e. The normalized spacial score (nSPS) is 38.5. The summed E-state index contributed by atoms with van der Waals surface area (Å²) in [7, 11) is 0. The van der Waals surface area contributed by atoms with Crippen LogP contribution in [0.5, 0.6) is 0 Å². The zero-order valence-electron chi connectivity index (χ0n) is 12.1. The molecule has 1 heterocycles. The first-order valence-corrected chi connectivity index (χ1v) is 7.52. The van der Waals surface area contributed by atoms with E-state index >= 15 is 0 Å². The summed E-state index contributed by atoms with van der Waals surface area (Å²) in [5.74, 6) is 0.806. The molecule has 2 heteroatoms. The molecule has 0 aromatic heterocycles. The summed E-state index contributed by atoms with van der Waals surface area (Å²) >= 11 is 0. The lowest BCUT2D eigenvalue weighted by Gasteiger charge is -2.44. The Kier molecular flexibility index (Phi) is 4.14. The predicted octanol–water partition coefficient (Wildman–Crippen LogP) is 2.89. The van der Waals surface area contributed by atoms with Gasteiger partial charge in [0.05, 0.1) is 0 Å². The number of rotatable bonds is 3. The number of likely N-dealkylation sites (tertiary alicyclic amines) is 1. The van der Waals surface area contributed by atoms with Crippen LogP contribution in [-0.4, -0.2) is 36.6 Å². The van der Waals surface area contributed by atoms with Gasteiger partial charge in [0, 0.05) is 18.6 Å². The highest BCUT2D eigenvalue weighted by Crippen LogP contribution is 2.41. The monoisotopic (exact) mass is 238 g/mol. The highest BCUT2D eigenvalue weighted by molar-refractivity contribution is 4.95. The third-order valence-corrected chi connectivity index (χ3v) is 5.04. The van der Waals surface area contributed by atoms with Crippen LogP contribution in [-0.2, 0) is 0 Å². The van der Waals surface area contributed by atoms with Crippen molar-refractivity contribution in [1.29, 1.82) is 0 Å². The van der Waals surface area contributed by atoms with Crippen molar-refractivity contribution in [3.05, 3.63) is 0 Å². The molecule has 2 aliphatic rings. The summed E-state index contributed by atoms with van der Waals surface area (Å²) in [4.78, 5) is 2.78. The van der Waals surface area contributed by atoms with Gasteiger partial charge in [-0.2, -0.15) is 0 Å². The number of hydrogen-bond donors (Lipinski definition) is 1. The summed E-state index contributed by atoms with van der Waals surface area (Å²) < 4.78 is 0. The number of piperidine rings is 1. The second kappa shape index (κ2) is 5.27. The van der Waals surface area contributed by atoms with Crippen molar-refractivity contribution in [2.24, 2.45) is 11.3 Å². The average Bonchev–Trinajstić information content (AvgIpc) is 2.61. The van der Waals surface area contributed by atoms with Crippen LogP contribution in [0.15, 0.2) is 0 Å². The maximum Gasteiger partial charge on any atom is 0.0146 e. The van der Waals surface area contributed by atoms with Gasteiger partial charge < -0.3 is 5.32 Å². The van der Waals surface area contributed by atoms with Crippen molar-refractivity contribution >= 4 is 0 Å². The maximum atomic E-state index is 3.64. The molecule has 3 atom stereocenters. The molecule has 0 bridgehead atoms. The van der Waals surface area contributed by atoms with Crippen LogP contribution in [0.3, 0.4) is 0 Å². The second-order valence-electron chi connectivity index (χ2n) is 6.82. The summed E-state index contributed by atoms with van der Waals surface area (Å²) in [6.07, 6.45) is 5.60. The summed E-state index contributed by atoms with van der Waals surface area (Å²) in [5.41, 5.74) is 0.546. The van der Waals surface area contributed by atoms with Gasteiger partial charge in [0.2, 0.25) is 0 Å². The topological polar surface area (TPSA) is 15.3 Å². The van der Waals surface area contributed by atoms with Crippen molar-refractivity contribution in [2.45, 2.75) is 65.5 Å². The van der Waals surface area contributed by atoms with E-state index in [-0.39, 0.29) is 0 Å². The fraction of sp³-hybridized carbons (Fsp3) is 1.00. The fourth-order valence-corrected chi connectivity index (χ4v) is 4.01. The van der Waals surface area contributed by atoms with E-state index in [0.29, 0.717) is 5.41 Å². The molecule has 0 aromatic carbocycles. The van der Waals surface area contributed by atoms with Gasteiger partial charge in [-0.15, -0.1) is 0 Å². The summed E-state index contributed by atoms with van der Waals surface area (Å²) in [6.45, 7) is 13.3. The smallest absolute Gasteiger partial charge is 0.0146 e. The van der Waals surface area contributed by atoms with Gasteiger partial charge in [0.1, 0.15) is 0 Å². The zero-order chi connectivity index (χ0) is 12.5. The molecule has 2 fully saturated rings. The van der Waals surface area contributed by atoms with Gasteiger partial charge in [-0.05, 0) is 43.7 Å². The highest BCUT2D eigenvalue weighted by Gasteiger charge is 2.40.